The van der Waals surface area contributed by atoms with Crippen molar-refractivity contribution in [3.05, 3.63) is 82.6 Å². The molecule has 2 atom stereocenters. The van der Waals surface area contributed by atoms with Crippen LogP contribution in [0.3, 0.4) is 0 Å². The van der Waals surface area contributed by atoms with Gasteiger partial charge in [-0.25, -0.2) is 0 Å². The minimum absolute atomic E-state index is 0.163. The predicted octanol–water partition coefficient (Wildman–Crippen LogP) is 7.95. The molecule has 4 rings (SSSR count). The second kappa shape index (κ2) is 12.9. The summed E-state index contributed by atoms with van der Waals surface area (Å²) in [6.45, 7) is 9.86. The zero-order chi connectivity index (χ0) is 27.0. The summed E-state index contributed by atoms with van der Waals surface area (Å²) in [6, 6.07) is 20.7. The minimum Gasteiger partial charge on any atom is -0.389 e. The van der Waals surface area contributed by atoms with Crippen LogP contribution in [0.2, 0.25) is 19.6 Å². The molecule has 2 aromatic carbocycles. The fraction of sp³-hybridized carbons (Fsp3) is 0.576. The molecule has 0 heterocycles. The lowest BCUT2D eigenvalue weighted by atomic mass is 9.83. The van der Waals surface area contributed by atoms with E-state index < -0.39 is 8.07 Å². The average Bonchev–Trinajstić information content (AvgIpc) is 3.27. The summed E-state index contributed by atoms with van der Waals surface area (Å²) < 4.78 is 21.3. The van der Waals surface area contributed by atoms with Gasteiger partial charge in [-0.2, -0.15) is 0 Å². The third kappa shape index (κ3) is 7.66. The summed E-state index contributed by atoms with van der Waals surface area (Å²) in [7, 11) is -1.82. The Morgan fingerprint density at radius 2 is 1.46 bits per heavy atom. The van der Waals surface area contributed by atoms with E-state index in [4.69, 9.17) is 10.8 Å². The Kier molecular flexibility index (Phi) is 9.36. The van der Waals surface area contributed by atoms with Crippen LogP contribution in [-0.4, -0.2) is 32.5 Å². The Balaban J connectivity index is 1.59. The lowest BCUT2D eigenvalue weighted by Gasteiger charge is -2.36. The van der Waals surface area contributed by atoms with Crippen LogP contribution in [0.5, 0.6) is 0 Å². The first-order valence-electron chi connectivity index (χ1n) is 15.0. The maximum atomic E-state index is 11.8. The molecule has 2 fully saturated rings. The molecule has 1 N–H and O–H groups in total. The van der Waals surface area contributed by atoms with Crippen LogP contribution in [0.25, 0.3) is 0 Å². The molecule has 2 aromatic rings. The second-order valence-corrected chi connectivity index (χ2v) is 17.6. The van der Waals surface area contributed by atoms with E-state index in [1.165, 1.54) is 41.2 Å². The van der Waals surface area contributed by atoms with Gasteiger partial charge in [0.2, 0.25) is 0 Å². The molecule has 0 aliphatic heterocycles. The van der Waals surface area contributed by atoms with Crippen molar-refractivity contribution < 1.29 is 16.0 Å². The fourth-order valence-corrected chi connectivity index (χ4v) is 8.94. The van der Waals surface area contributed by atoms with Crippen molar-refractivity contribution in [2.24, 2.45) is 17.3 Å². The highest BCUT2D eigenvalue weighted by Gasteiger charge is 2.45. The van der Waals surface area contributed by atoms with Gasteiger partial charge in [-0.3, -0.25) is 0 Å². The zero-order valence-electron chi connectivity index (χ0n) is 24.3. The van der Waals surface area contributed by atoms with Crippen molar-refractivity contribution in [3.8, 4) is 0 Å². The fourth-order valence-electron chi connectivity index (χ4n) is 6.56. The molecule has 202 valence electrons. The van der Waals surface area contributed by atoms with Crippen molar-refractivity contribution in [1.29, 1.82) is 0 Å². The van der Waals surface area contributed by atoms with Crippen LogP contribution in [0.4, 0.5) is 0 Å². The zero-order valence-corrected chi connectivity index (χ0v) is 24.3. The highest BCUT2D eigenvalue weighted by molar-refractivity contribution is 6.83. The quantitative estimate of drug-likeness (QED) is 0.305. The first-order valence-corrected chi connectivity index (χ1v) is 17.8. The van der Waals surface area contributed by atoms with E-state index >= 15 is 0 Å². The third-order valence-corrected chi connectivity index (χ3v) is 10.6. The Labute approximate surface area is 227 Å². The number of hydrogen-bond acceptors (Lipinski definition) is 3. The summed E-state index contributed by atoms with van der Waals surface area (Å²) in [5, 5.41) is 13.1. The van der Waals surface area contributed by atoms with Crippen LogP contribution in [0.15, 0.2) is 71.4 Å². The van der Waals surface area contributed by atoms with Gasteiger partial charge < -0.3 is 14.6 Å². The SMILES string of the molecule is [2H]C[C@H]1CC(COCc2ccccc2)(COCc2ccccc2)C/C1=C(/[C@H](O)C1CCCCC1)[Si](C)(C)C. The molecule has 0 saturated heterocycles. The predicted molar refractivity (Wildman–Crippen MR) is 156 cm³/mol. The summed E-state index contributed by atoms with van der Waals surface area (Å²) in [5.41, 5.74) is 3.54. The van der Waals surface area contributed by atoms with Crippen molar-refractivity contribution in [2.75, 3.05) is 13.2 Å². The lowest BCUT2D eigenvalue weighted by molar-refractivity contribution is -0.0304. The second-order valence-electron chi connectivity index (χ2n) is 12.6. The van der Waals surface area contributed by atoms with Crippen molar-refractivity contribution >= 4 is 8.07 Å². The summed E-state index contributed by atoms with van der Waals surface area (Å²) in [4.78, 5) is 0. The topological polar surface area (TPSA) is 38.7 Å². The van der Waals surface area contributed by atoms with Gasteiger partial charge in [-0.15, -0.1) is 0 Å². The number of aliphatic hydroxyl groups is 1. The van der Waals surface area contributed by atoms with Gasteiger partial charge in [0.25, 0.3) is 0 Å². The van der Waals surface area contributed by atoms with Crippen LogP contribution in [0, 0.1) is 17.3 Å². The molecule has 4 heteroatoms. The Morgan fingerprint density at radius 1 is 0.919 bits per heavy atom. The van der Waals surface area contributed by atoms with Gasteiger partial charge in [0.05, 0.1) is 40.6 Å². The standard InChI is InChI=1S/C33H48O3Si/c1-26-20-33(24-35-22-27-14-8-5-9-15-27,25-36-23-28-16-10-6-11-17-28)21-30(26)32(37(2,3)4)31(34)29-18-12-7-13-19-29/h5-6,8-11,14-17,26,29,31,34H,7,12-13,18-25H2,1-4H3/b32-30+/t26-,31+/m0/s1/i1D. The molecule has 0 aromatic heterocycles. The minimum atomic E-state index is -1.82. The smallest absolute Gasteiger partial charge is 0.0757 e. The molecule has 2 saturated carbocycles. The molecule has 0 bridgehead atoms. The van der Waals surface area contributed by atoms with Crippen molar-refractivity contribution in [2.45, 2.75) is 90.8 Å². The first kappa shape index (κ1) is 26.9. The molecule has 0 radical (unpaired) electrons. The van der Waals surface area contributed by atoms with Crippen LogP contribution >= 0.6 is 0 Å². The monoisotopic (exact) mass is 521 g/mol. The first-order chi connectivity index (χ1) is 18.3. The number of benzene rings is 2. The molecule has 0 spiro atoms. The highest BCUT2D eigenvalue weighted by Crippen LogP contribution is 2.50. The molecule has 3 nitrogen and oxygen atoms in total. The summed E-state index contributed by atoms with van der Waals surface area (Å²) in [6.07, 6.45) is 7.38. The van der Waals surface area contributed by atoms with E-state index in [0.29, 0.717) is 39.2 Å². The molecule has 0 amide bonds. The molecular formula is C33H48O3Si. The lowest BCUT2D eigenvalue weighted by Crippen LogP contribution is -2.39. The van der Waals surface area contributed by atoms with Gasteiger partial charge in [0.15, 0.2) is 0 Å². The largest absolute Gasteiger partial charge is 0.389 e. The third-order valence-electron chi connectivity index (χ3n) is 8.32. The average molecular weight is 522 g/mol. The van der Waals surface area contributed by atoms with E-state index in [9.17, 15) is 5.11 Å². The highest BCUT2D eigenvalue weighted by atomic mass is 28.3. The van der Waals surface area contributed by atoms with E-state index in [0.717, 1.165) is 25.7 Å². The van der Waals surface area contributed by atoms with E-state index in [2.05, 4.69) is 68.2 Å². The van der Waals surface area contributed by atoms with Crippen molar-refractivity contribution in [1.82, 2.24) is 0 Å². The number of aliphatic hydroxyl groups excluding tert-OH is 1. The van der Waals surface area contributed by atoms with Gasteiger partial charge in [0.1, 0.15) is 0 Å². The van der Waals surface area contributed by atoms with Crippen LogP contribution in [0.1, 0.15) is 64.3 Å². The maximum absolute atomic E-state index is 11.8. The molecule has 2 aliphatic carbocycles. The van der Waals surface area contributed by atoms with E-state index in [1.807, 2.05) is 12.1 Å². The number of rotatable bonds is 11. The number of hydrogen-bond donors (Lipinski definition) is 1. The van der Waals surface area contributed by atoms with Gasteiger partial charge in [-0.1, -0.05) is 117 Å². The summed E-state index contributed by atoms with van der Waals surface area (Å²) in [5.74, 6) is 0.527. The van der Waals surface area contributed by atoms with Gasteiger partial charge in [0, 0.05) is 6.79 Å². The Hall–Kier alpha value is -1.72. The molecular weight excluding hydrogens is 472 g/mol. The normalized spacial score (nSPS) is 23.0. The van der Waals surface area contributed by atoms with E-state index in [-0.39, 0.29) is 17.4 Å². The number of allylic oxidation sites excluding steroid dienone is 1. The molecule has 2 aliphatic rings. The molecule has 37 heavy (non-hydrogen) atoms. The van der Waals surface area contributed by atoms with Crippen molar-refractivity contribution in [3.63, 3.8) is 0 Å². The Morgan fingerprint density at radius 3 is 1.95 bits per heavy atom. The van der Waals surface area contributed by atoms with Gasteiger partial charge >= 0.3 is 0 Å². The Bertz CT molecular complexity index is 966. The van der Waals surface area contributed by atoms with Crippen LogP contribution < -0.4 is 0 Å². The van der Waals surface area contributed by atoms with Gasteiger partial charge in [-0.05, 0) is 48.6 Å². The van der Waals surface area contributed by atoms with E-state index in [1.54, 1.807) is 0 Å². The number of ether oxygens (including phenoxy) is 2. The maximum Gasteiger partial charge on any atom is 0.0757 e. The summed E-state index contributed by atoms with van der Waals surface area (Å²) >= 11 is 0. The van der Waals surface area contributed by atoms with Crippen LogP contribution in [-0.2, 0) is 22.7 Å². The molecule has 0 unspecified atom stereocenters.